The Morgan fingerprint density at radius 2 is 1.88 bits per heavy atom. The summed E-state index contributed by atoms with van der Waals surface area (Å²) < 4.78 is 2.56. The average Bonchev–Trinajstić information content (AvgIpc) is 2.75. The highest BCUT2D eigenvalue weighted by atomic mass is 32.2. The Morgan fingerprint density at radius 1 is 1.22 bits per heavy atom. The highest BCUT2D eigenvalue weighted by Crippen LogP contribution is 2.30. The van der Waals surface area contributed by atoms with E-state index in [0.717, 1.165) is 35.6 Å². The van der Waals surface area contributed by atoms with Crippen LogP contribution in [0.1, 0.15) is 58.7 Å². The molecule has 1 aliphatic rings. The van der Waals surface area contributed by atoms with Gasteiger partial charge in [-0.05, 0) is 32.6 Å². The van der Waals surface area contributed by atoms with E-state index in [9.17, 15) is 19.6 Å². The fourth-order valence-electron chi connectivity index (χ4n) is 4.03. The van der Waals surface area contributed by atoms with Crippen LogP contribution in [0, 0.1) is 24.2 Å². The van der Waals surface area contributed by atoms with Gasteiger partial charge in [0.05, 0.1) is 11.3 Å². The molecule has 1 atom stereocenters. The van der Waals surface area contributed by atoms with Crippen LogP contribution < -0.4 is 16.6 Å². The molecule has 2 aromatic heterocycles. The number of nitrogens with one attached hydrogen (secondary N) is 1. The van der Waals surface area contributed by atoms with E-state index in [0.29, 0.717) is 30.2 Å². The molecule has 9 nitrogen and oxygen atoms in total. The second-order valence-electron chi connectivity index (χ2n) is 8.93. The summed E-state index contributed by atoms with van der Waals surface area (Å²) in [5.41, 5.74) is -1.46. The summed E-state index contributed by atoms with van der Waals surface area (Å²) in [6, 6.07) is 2.30. The molecular weight excluding hydrogens is 428 g/mol. The van der Waals surface area contributed by atoms with Crippen LogP contribution in [-0.4, -0.2) is 35.8 Å². The van der Waals surface area contributed by atoms with E-state index in [1.807, 2.05) is 13.8 Å². The van der Waals surface area contributed by atoms with Gasteiger partial charge in [-0.25, -0.2) is 14.8 Å². The second-order valence-corrected chi connectivity index (χ2v) is 10.3. The molecule has 1 unspecified atom stereocenters. The molecule has 0 bridgehead atoms. The first kappa shape index (κ1) is 24.0. The molecule has 1 aliphatic carbocycles. The Bertz CT molecular complexity index is 1190. The van der Waals surface area contributed by atoms with Gasteiger partial charge < -0.3 is 5.32 Å². The van der Waals surface area contributed by atoms with Crippen molar-refractivity contribution in [2.75, 3.05) is 0 Å². The van der Waals surface area contributed by atoms with Gasteiger partial charge in [0.25, 0.3) is 5.56 Å². The number of fused-ring (bicyclic) bond motifs is 1. The predicted molar refractivity (Wildman–Crippen MR) is 124 cm³/mol. The molecule has 1 amide bonds. The van der Waals surface area contributed by atoms with Crippen LogP contribution in [-0.2, 0) is 18.4 Å². The van der Waals surface area contributed by atoms with Gasteiger partial charge in [0.1, 0.15) is 21.8 Å². The average molecular weight is 459 g/mol. The number of amides is 1. The number of aromatic nitrogens is 4. The maximum atomic E-state index is 13.0. The SMILES string of the molecule is Cc1nc(SC(C)C(=O)NC2(C#N)CCCCC2)c2c(=O)n(C)c(=O)n(CC(C)C)c2n1. The van der Waals surface area contributed by atoms with Crippen LogP contribution in [0.15, 0.2) is 14.6 Å². The van der Waals surface area contributed by atoms with Crippen molar-refractivity contribution < 1.29 is 4.79 Å². The van der Waals surface area contributed by atoms with Crippen molar-refractivity contribution in [1.29, 1.82) is 5.26 Å². The van der Waals surface area contributed by atoms with E-state index in [-0.39, 0.29) is 22.9 Å². The topological polar surface area (TPSA) is 123 Å². The molecule has 2 aromatic rings. The molecule has 0 aromatic carbocycles. The predicted octanol–water partition coefficient (Wildman–Crippen LogP) is 2.28. The summed E-state index contributed by atoms with van der Waals surface area (Å²) in [6.45, 7) is 7.80. The quantitative estimate of drug-likeness (QED) is 0.520. The molecule has 1 N–H and O–H groups in total. The van der Waals surface area contributed by atoms with Crippen molar-refractivity contribution in [2.24, 2.45) is 13.0 Å². The summed E-state index contributed by atoms with van der Waals surface area (Å²) in [6.07, 6.45) is 4.18. The third kappa shape index (κ3) is 4.72. The number of nitrogens with zero attached hydrogens (tertiary/aromatic N) is 5. The zero-order valence-electron chi connectivity index (χ0n) is 19.3. The number of hydrogen-bond donors (Lipinski definition) is 1. The van der Waals surface area contributed by atoms with E-state index in [1.165, 1.54) is 11.6 Å². The van der Waals surface area contributed by atoms with Gasteiger partial charge >= 0.3 is 5.69 Å². The van der Waals surface area contributed by atoms with Crippen molar-refractivity contribution in [2.45, 2.75) is 82.2 Å². The zero-order valence-corrected chi connectivity index (χ0v) is 20.1. The van der Waals surface area contributed by atoms with Crippen molar-refractivity contribution in [3.8, 4) is 6.07 Å². The first-order valence-electron chi connectivity index (χ1n) is 11.0. The Morgan fingerprint density at radius 3 is 2.47 bits per heavy atom. The molecule has 0 spiro atoms. The minimum absolute atomic E-state index is 0.169. The second kappa shape index (κ2) is 9.45. The molecular formula is C22H30N6O3S. The summed E-state index contributed by atoms with van der Waals surface area (Å²) in [5.74, 6) is 0.316. The minimum atomic E-state index is -0.832. The van der Waals surface area contributed by atoms with Crippen molar-refractivity contribution in [3.05, 3.63) is 26.7 Å². The normalized spacial score (nSPS) is 16.7. The van der Waals surface area contributed by atoms with Gasteiger partial charge in [-0.2, -0.15) is 5.26 Å². The minimum Gasteiger partial charge on any atom is -0.337 e. The van der Waals surface area contributed by atoms with Gasteiger partial charge in [0.15, 0.2) is 5.65 Å². The van der Waals surface area contributed by atoms with Gasteiger partial charge in [-0.3, -0.25) is 18.7 Å². The number of carbonyl (C=O) groups is 1. The van der Waals surface area contributed by atoms with Crippen LogP contribution in [0.25, 0.3) is 11.0 Å². The van der Waals surface area contributed by atoms with E-state index < -0.39 is 22.0 Å². The lowest BCUT2D eigenvalue weighted by Gasteiger charge is -2.32. The van der Waals surface area contributed by atoms with Crippen LogP contribution >= 0.6 is 11.8 Å². The van der Waals surface area contributed by atoms with Crippen molar-refractivity contribution in [3.63, 3.8) is 0 Å². The van der Waals surface area contributed by atoms with Crippen molar-refractivity contribution in [1.82, 2.24) is 24.4 Å². The largest absolute Gasteiger partial charge is 0.337 e. The first-order valence-corrected chi connectivity index (χ1v) is 11.8. The number of thioether (sulfide) groups is 1. The highest BCUT2D eigenvalue weighted by Gasteiger charge is 2.35. The van der Waals surface area contributed by atoms with Crippen molar-refractivity contribution >= 4 is 28.7 Å². The number of nitriles is 1. The Balaban J connectivity index is 2.01. The molecule has 2 heterocycles. The van der Waals surface area contributed by atoms with E-state index >= 15 is 0 Å². The van der Waals surface area contributed by atoms with E-state index in [1.54, 1.807) is 13.8 Å². The molecule has 0 aliphatic heterocycles. The van der Waals surface area contributed by atoms with Gasteiger partial charge in [0, 0.05) is 13.6 Å². The van der Waals surface area contributed by atoms with E-state index in [4.69, 9.17) is 0 Å². The lowest BCUT2D eigenvalue weighted by molar-refractivity contribution is -0.121. The molecule has 172 valence electrons. The lowest BCUT2D eigenvalue weighted by atomic mass is 9.83. The standard InChI is InChI=1S/C22H30N6O3S/c1-13(2)11-28-17-16(20(30)27(5)21(28)31)19(25-15(4)24-17)32-14(3)18(29)26-22(12-23)9-7-6-8-10-22/h13-14H,6-11H2,1-5H3,(H,26,29). The number of aryl methyl sites for hydroxylation is 1. The van der Waals surface area contributed by atoms with Gasteiger partial charge in [-0.1, -0.05) is 44.9 Å². The molecule has 32 heavy (non-hydrogen) atoms. The fraction of sp³-hybridized carbons (Fsp3) is 0.636. The third-order valence-corrected chi connectivity index (χ3v) is 6.84. The molecule has 10 heteroatoms. The van der Waals surface area contributed by atoms with E-state index in [2.05, 4.69) is 21.4 Å². The number of hydrogen-bond acceptors (Lipinski definition) is 7. The molecule has 0 saturated heterocycles. The maximum Gasteiger partial charge on any atom is 0.332 e. The Kier molecular flexibility index (Phi) is 7.08. The highest BCUT2D eigenvalue weighted by molar-refractivity contribution is 8.00. The summed E-state index contributed by atoms with van der Waals surface area (Å²) >= 11 is 1.15. The summed E-state index contributed by atoms with van der Waals surface area (Å²) in [5, 5.41) is 12.6. The lowest BCUT2D eigenvalue weighted by Crippen LogP contribution is -2.51. The van der Waals surface area contributed by atoms with Crippen LogP contribution in [0.5, 0.6) is 0 Å². The van der Waals surface area contributed by atoms with Crippen LogP contribution in [0.3, 0.4) is 0 Å². The molecule has 1 fully saturated rings. The smallest absolute Gasteiger partial charge is 0.332 e. The Labute approximate surface area is 191 Å². The first-order chi connectivity index (χ1) is 15.1. The molecule has 0 radical (unpaired) electrons. The number of rotatable bonds is 6. The summed E-state index contributed by atoms with van der Waals surface area (Å²) in [7, 11) is 1.44. The van der Waals surface area contributed by atoms with Gasteiger partial charge in [-0.15, -0.1) is 0 Å². The molecule has 1 saturated carbocycles. The fourth-order valence-corrected chi connectivity index (χ4v) is 5.02. The monoisotopic (exact) mass is 458 g/mol. The maximum absolute atomic E-state index is 13.0. The van der Waals surface area contributed by atoms with Gasteiger partial charge in [0.2, 0.25) is 5.91 Å². The molecule has 3 rings (SSSR count). The van der Waals surface area contributed by atoms with Crippen LogP contribution in [0.2, 0.25) is 0 Å². The third-order valence-electron chi connectivity index (χ3n) is 5.75. The Hall–Kier alpha value is -2.67. The zero-order chi connectivity index (χ0) is 23.6. The number of carbonyl (C=O) groups excluding carboxylic acids is 1. The summed E-state index contributed by atoms with van der Waals surface area (Å²) in [4.78, 5) is 47.5. The van der Waals surface area contributed by atoms with Crippen LogP contribution in [0.4, 0.5) is 0 Å².